The van der Waals surface area contributed by atoms with Crippen LogP contribution in [0.25, 0.3) is 0 Å². The van der Waals surface area contributed by atoms with Crippen molar-refractivity contribution in [1.82, 2.24) is 0 Å². The molecule has 0 aromatic heterocycles. The van der Waals surface area contributed by atoms with Crippen molar-refractivity contribution in [3.8, 4) is 11.5 Å². The number of carbonyl (C=O) groups is 1. The Morgan fingerprint density at radius 1 is 1.07 bits per heavy atom. The predicted octanol–water partition coefficient (Wildman–Crippen LogP) is 4.85. The van der Waals surface area contributed by atoms with Gasteiger partial charge in [-0.3, -0.25) is 4.21 Å². The molecule has 0 aliphatic rings. The Hall–Kier alpha value is -2.58. The number of carbonyl (C=O) groups excluding carboxylic acids is 1. The highest BCUT2D eigenvalue weighted by atomic mass is 32.2. The van der Waals surface area contributed by atoms with Crippen molar-refractivity contribution in [2.45, 2.75) is 39.5 Å². The van der Waals surface area contributed by atoms with Crippen molar-refractivity contribution in [2.75, 3.05) is 23.2 Å². The predicted molar refractivity (Wildman–Crippen MR) is 114 cm³/mol. The van der Waals surface area contributed by atoms with Gasteiger partial charge in [-0.1, -0.05) is 44.9 Å². The van der Waals surface area contributed by atoms with Crippen LogP contribution in [0.3, 0.4) is 0 Å². The Bertz CT molecular complexity index is 814. The average Bonchev–Trinajstić information content (AvgIpc) is 2.70. The van der Waals surface area contributed by atoms with E-state index in [0.29, 0.717) is 30.3 Å². The van der Waals surface area contributed by atoms with Crippen LogP contribution < -0.4 is 14.8 Å². The molecule has 7 nitrogen and oxygen atoms in total. The molecule has 2 rings (SSSR count). The number of unbranched alkanes of at least 4 members (excludes halogenated alkanes) is 2. The molecule has 0 spiro atoms. The highest BCUT2D eigenvalue weighted by Crippen LogP contribution is 2.39. The minimum Gasteiger partial charge on any atom is -0.755 e. The standard InChI is InChI=1S/C21H28N2O5S/c1-3-5-12-22-18-14-16(21(24)27-13-6-4-2)15-19(23-29(25)26)20(18)28-17-10-8-7-9-11-17/h7-11,14-15,22-23H,3-6,12-13H2,1-2H3,(H,25,26)/p-1. The SMILES string of the molecule is CCCCNc1cc(C(=O)OCCCC)cc(NS(=O)[O-])c1Oc1ccccc1. The summed E-state index contributed by atoms with van der Waals surface area (Å²) in [6.07, 6.45) is 3.56. The van der Waals surface area contributed by atoms with Crippen molar-refractivity contribution in [1.29, 1.82) is 0 Å². The first-order chi connectivity index (χ1) is 14.0. The lowest BCUT2D eigenvalue weighted by molar-refractivity contribution is 0.0500. The van der Waals surface area contributed by atoms with Gasteiger partial charge < -0.3 is 24.1 Å². The summed E-state index contributed by atoms with van der Waals surface area (Å²) in [5.74, 6) is 0.327. The Morgan fingerprint density at radius 2 is 1.76 bits per heavy atom. The van der Waals surface area contributed by atoms with Crippen LogP contribution in [-0.4, -0.2) is 27.9 Å². The number of nitrogens with one attached hydrogen (secondary N) is 2. The Morgan fingerprint density at radius 3 is 2.41 bits per heavy atom. The van der Waals surface area contributed by atoms with Gasteiger partial charge in [0, 0.05) is 17.8 Å². The van der Waals surface area contributed by atoms with E-state index >= 15 is 0 Å². The molecule has 0 radical (unpaired) electrons. The Labute approximate surface area is 174 Å². The third-order valence-corrected chi connectivity index (χ3v) is 4.44. The van der Waals surface area contributed by atoms with E-state index in [2.05, 4.69) is 17.0 Å². The van der Waals surface area contributed by atoms with Crippen LogP contribution in [0.15, 0.2) is 42.5 Å². The van der Waals surface area contributed by atoms with E-state index in [1.807, 2.05) is 25.1 Å². The number of benzene rings is 2. The van der Waals surface area contributed by atoms with Gasteiger partial charge in [-0.2, -0.15) is 0 Å². The van der Waals surface area contributed by atoms with Gasteiger partial charge in [0.25, 0.3) is 0 Å². The highest BCUT2D eigenvalue weighted by Gasteiger charge is 2.18. The van der Waals surface area contributed by atoms with Gasteiger partial charge >= 0.3 is 5.97 Å². The smallest absolute Gasteiger partial charge is 0.338 e. The number of hydrogen-bond donors (Lipinski definition) is 2. The lowest BCUT2D eigenvalue weighted by Crippen LogP contribution is -2.12. The molecule has 8 heteroatoms. The van der Waals surface area contributed by atoms with E-state index in [1.165, 1.54) is 6.07 Å². The van der Waals surface area contributed by atoms with E-state index < -0.39 is 17.2 Å². The molecule has 29 heavy (non-hydrogen) atoms. The second kappa shape index (κ2) is 12.1. The first kappa shape index (κ1) is 22.7. The van der Waals surface area contributed by atoms with Crippen molar-refractivity contribution in [3.63, 3.8) is 0 Å². The summed E-state index contributed by atoms with van der Waals surface area (Å²) in [5.41, 5.74) is 0.916. The van der Waals surface area contributed by atoms with Crippen LogP contribution >= 0.6 is 0 Å². The summed E-state index contributed by atoms with van der Waals surface area (Å²) in [5, 5.41) is 3.24. The molecule has 1 unspecified atom stereocenters. The van der Waals surface area contributed by atoms with Crippen molar-refractivity contribution in [2.24, 2.45) is 0 Å². The molecule has 0 saturated carbocycles. The molecule has 0 bridgehead atoms. The topological polar surface area (TPSA) is 99.7 Å². The molecule has 0 fully saturated rings. The summed E-state index contributed by atoms with van der Waals surface area (Å²) >= 11 is -2.59. The molecule has 0 heterocycles. The van der Waals surface area contributed by atoms with Crippen molar-refractivity contribution >= 4 is 28.6 Å². The van der Waals surface area contributed by atoms with E-state index in [0.717, 1.165) is 25.7 Å². The van der Waals surface area contributed by atoms with E-state index in [4.69, 9.17) is 9.47 Å². The van der Waals surface area contributed by atoms with Crippen molar-refractivity contribution < 1.29 is 23.0 Å². The first-order valence-electron chi connectivity index (χ1n) is 9.73. The molecule has 2 N–H and O–H groups in total. The minimum absolute atomic E-state index is 0.158. The van der Waals surface area contributed by atoms with Gasteiger partial charge in [-0.05, 0) is 37.1 Å². The van der Waals surface area contributed by atoms with E-state index in [1.54, 1.807) is 18.2 Å². The maximum Gasteiger partial charge on any atom is 0.338 e. The third-order valence-electron chi connectivity index (χ3n) is 4.06. The number of rotatable bonds is 12. The maximum absolute atomic E-state index is 12.4. The fourth-order valence-electron chi connectivity index (χ4n) is 2.55. The lowest BCUT2D eigenvalue weighted by atomic mass is 10.1. The van der Waals surface area contributed by atoms with Gasteiger partial charge in [0.05, 0.1) is 23.5 Å². The summed E-state index contributed by atoms with van der Waals surface area (Å²) in [6.45, 7) is 5.03. The molecule has 2 aromatic rings. The number of esters is 1. The summed E-state index contributed by atoms with van der Waals surface area (Å²) in [6, 6.07) is 12.1. The molecule has 0 saturated heterocycles. The fraction of sp³-hybridized carbons (Fsp3) is 0.381. The number of anilines is 2. The first-order valence-corrected chi connectivity index (χ1v) is 10.8. The quantitative estimate of drug-likeness (QED) is 0.290. The minimum atomic E-state index is -2.59. The Kier molecular flexibility index (Phi) is 9.46. The molecule has 2 aromatic carbocycles. The monoisotopic (exact) mass is 419 g/mol. The van der Waals surface area contributed by atoms with Crippen LogP contribution in [0.2, 0.25) is 0 Å². The van der Waals surface area contributed by atoms with Gasteiger partial charge in [-0.25, -0.2) is 4.79 Å². The molecule has 1 atom stereocenters. The average molecular weight is 420 g/mol. The zero-order valence-corrected chi connectivity index (χ0v) is 17.6. The molecule has 0 amide bonds. The van der Waals surface area contributed by atoms with Crippen LogP contribution in [0.1, 0.15) is 49.9 Å². The molecular weight excluding hydrogens is 392 g/mol. The van der Waals surface area contributed by atoms with Crippen LogP contribution in [0, 0.1) is 0 Å². The molecule has 0 aliphatic carbocycles. The maximum atomic E-state index is 12.4. The van der Waals surface area contributed by atoms with Gasteiger partial charge in [0.15, 0.2) is 5.75 Å². The largest absolute Gasteiger partial charge is 0.755 e. The summed E-state index contributed by atoms with van der Waals surface area (Å²) < 4.78 is 36.2. The number of ether oxygens (including phenoxy) is 2. The van der Waals surface area contributed by atoms with Crippen LogP contribution in [-0.2, 0) is 16.0 Å². The van der Waals surface area contributed by atoms with E-state index in [9.17, 15) is 13.6 Å². The van der Waals surface area contributed by atoms with Crippen LogP contribution in [0.5, 0.6) is 11.5 Å². The van der Waals surface area contributed by atoms with Crippen molar-refractivity contribution in [3.05, 3.63) is 48.0 Å². The summed E-state index contributed by atoms with van der Waals surface area (Å²) in [4.78, 5) is 12.4. The van der Waals surface area contributed by atoms with Gasteiger partial charge in [0.1, 0.15) is 5.75 Å². The zero-order valence-electron chi connectivity index (χ0n) is 16.7. The number of hydrogen-bond acceptors (Lipinski definition) is 6. The number of para-hydroxylation sites is 1. The van der Waals surface area contributed by atoms with Crippen LogP contribution in [0.4, 0.5) is 11.4 Å². The second-order valence-electron chi connectivity index (χ2n) is 6.42. The lowest BCUT2D eigenvalue weighted by Gasteiger charge is -2.20. The summed E-state index contributed by atoms with van der Waals surface area (Å²) in [7, 11) is 0. The highest BCUT2D eigenvalue weighted by molar-refractivity contribution is 7.80. The molecule has 158 valence electrons. The zero-order chi connectivity index (χ0) is 21.1. The molecule has 0 aliphatic heterocycles. The van der Waals surface area contributed by atoms with E-state index in [-0.39, 0.29) is 11.3 Å². The van der Waals surface area contributed by atoms with Gasteiger partial charge in [-0.15, -0.1) is 0 Å². The second-order valence-corrected chi connectivity index (χ2v) is 7.10. The normalized spacial score (nSPS) is 11.6. The fourth-order valence-corrected chi connectivity index (χ4v) is 2.88. The Balaban J connectivity index is 2.42. The molecular formula is C21H27N2O5S-. The third kappa shape index (κ3) is 7.40. The van der Waals surface area contributed by atoms with Gasteiger partial charge in [0.2, 0.25) is 0 Å².